The number of nitrogens with one attached hydrogen (secondary N) is 1. The highest BCUT2D eigenvalue weighted by molar-refractivity contribution is 8.15. The van der Waals surface area contributed by atoms with Crippen molar-refractivity contribution in [2.24, 2.45) is 4.99 Å². The summed E-state index contributed by atoms with van der Waals surface area (Å²) >= 11 is 1.15. The maximum atomic E-state index is 13.2. The molecule has 2 amide bonds. The number of amidine groups is 1. The van der Waals surface area contributed by atoms with Crippen LogP contribution in [0.4, 0.5) is 24.5 Å². The third-order valence-electron chi connectivity index (χ3n) is 5.06. The molecule has 168 valence electrons. The van der Waals surface area contributed by atoms with Crippen LogP contribution >= 0.6 is 11.8 Å². The second kappa shape index (κ2) is 8.85. The molecule has 4 rings (SSSR count). The first kappa shape index (κ1) is 22.2. The molecule has 2 fully saturated rings. The number of benzene rings is 2. The maximum absolute atomic E-state index is 13.2. The molecule has 2 aromatic carbocycles. The van der Waals surface area contributed by atoms with E-state index in [1.807, 2.05) is 0 Å². The Balaban J connectivity index is 1.52. The van der Waals surface area contributed by atoms with E-state index < -0.39 is 22.9 Å². The van der Waals surface area contributed by atoms with Gasteiger partial charge in [-0.15, -0.1) is 0 Å². The van der Waals surface area contributed by atoms with Crippen LogP contribution in [0.3, 0.4) is 0 Å². The number of aliphatic imine (C=N–C) groups is 1. The largest absolute Gasteiger partial charge is 0.494 e. The lowest BCUT2D eigenvalue weighted by atomic mass is 10.1. The van der Waals surface area contributed by atoms with Gasteiger partial charge in [-0.05, 0) is 37.1 Å². The number of thioether (sulfide) groups is 1. The maximum Gasteiger partial charge on any atom is 0.418 e. The summed E-state index contributed by atoms with van der Waals surface area (Å²) in [5.41, 5.74) is -0.709. The van der Waals surface area contributed by atoms with Crippen molar-refractivity contribution in [1.82, 2.24) is 4.90 Å². The summed E-state index contributed by atoms with van der Waals surface area (Å²) in [6.07, 6.45) is -3.17. The van der Waals surface area contributed by atoms with Crippen LogP contribution in [0.15, 0.2) is 53.5 Å². The van der Waals surface area contributed by atoms with E-state index in [4.69, 9.17) is 4.74 Å². The van der Waals surface area contributed by atoms with Gasteiger partial charge in [0.1, 0.15) is 16.7 Å². The van der Waals surface area contributed by atoms with E-state index in [1.54, 1.807) is 29.2 Å². The summed E-state index contributed by atoms with van der Waals surface area (Å²) in [6.45, 7) is 0. The van der Waals surface area contributed by atoms with E-state index in [-0.39, 0.29) is 24.1 Å². The van der Waals surface area contributed by atoms with Crippen LogP contribution < -0.4 is 10.1 Å². The predicted octanol–water partition coefficient (Wildman–Crippen LogP) is 4.84. The molecule has 1 heterocycles. The van der Waals surface area contributed by atoms with Gasteiger partial charge >= 0.3 is 6.18 Å². The van der Waals surface area contributed by atoms with E-state index in [0.29, 0.717) is 16.6 Å². The second-order valence-corrected chi connectivity index (χ2v) is 8.58. The van der Waals surface area contributed by atoms with Gasteiger partial charge in [0.25, 0.3) is 0 Å². The topological polar surface area (TPSA) is 71.0 Å². The molecule has 0 radical (unpaired) electrons. The minimum Gasteiger partial charge on any atom is -0.494 e. The number of rotatable bonds is 6. The fourth-order valence-corrected chi connectivity index (χ4v) is 4.60. The van der Waals surface area contributed by atoms with Gasteiger partial charge in [0.15, 0.2) is 5.17 Å². The lowest BCUT2D eigenvalue weighted by Crippen LogP contribution is -2.35. The van der Waals surface area contributed by atoms with Crippen LogP contribution in [-0.2, 0) is 15.8 Å². The summed E-state index contributed by atoms with van der Waals surface area (Å²) in [5.74, 6) is -0.374. The standard InChI is InChI=1S/C22H20F3N3O3S/c1-31-17-9-5-4-8-16(17)27-21-28(13-10-11-13)20(30)18(32-21)12-19(29)26-15-7-3-2-6-14(15)22(23,24)25/h2-9,13,18H,10-12H2,1H3,(H,26,29). The fraction of sp³-hybridized carbons (Fsp3) is 0.318. The van der Waals surface area contributed by atoms with Crippen molar-refractivity contribution in [2.45, 2.75) is 36.7 Å². The Morgan fingerprint density at radius 1 is 1.19 bits per heavy atom. The van der Waals surface area contributed by atoms with Gasteiger partial charge in [0, 0.05) is 12.5 Å². The Labute approximate surface area is 186 Å². The summed E-state index contributed by atoms with van der Waals surface area (Å²) < 4.78 is 44.9. The van der Waals surface area contributed by atoms with Gasteiger partial charge in [-0.3, -0.25) is 14.5 Å². The van der Waals surface area contributed by atoms with Crippen molar-refractivity contribution < 1.29 is 27.5 Å². The third-order valence-corrected chi connectivity index (χ3v) is 6.21. The van der Waals surface area contributed by atoms with Gasteiger partial charge in [0.2, 0.25) is 11.8 Å². The molecule has 2 aromatic rings. The van der Waals surface area contributed by atoms with Gasteiger partial charge in [-0.1, -0.05) is 36.0 Å². The first-order valence-corrected chi connectivity index (χ1v) is 10.8. The molecule has 1 aliphatic carbocycles. The molecule has 32 heavy (non-hydrogen) atoms. The van der Waals surface area contributed by atoms with E-state index in [2.05, 4.69) is 10.3 Å². The highest BCUT2D eigenvalue weighted by atomic mass is 32.2. The molecule has 1 atom stereocenters. The monoisotopic (exact) mass is 463 g/mol. The average Bonchev–Trinajstić information content (AvgIpc) is 3.53. The number of alkyl halides is 3. The van der Waals surface area contributed by atoms with Crippen molar-refractivity contribution in [2.75, 3.05) is 12.4 Å². The SMILES string of the molecule is COc1ccccc1N=C1SC(CC(=O)Nc2ccccc2C(F)(F)F)C(=O)N1C1CC1. The van der Waals surface area contributed by atoms with Crippen LogP contribution in [-0.4, -0.2) is 40.3 Å². The van der Waals surface area contributed by atoms with Crippen molar-refractivity contribution >= 4 is 40.1 Å². The van der Waals surface area contributed by atoms with Gasteiger partial charge in [-0.2, -0.15) is 13.2 Å². The average molecular weight is 463 g/mol. The quantitative estimate of drug-likeness (QED) is 0.666. The van der Waals surface area contributed by atoms with Crippen molar-refractivity contribution in [3.05, 3.63) is 54.1 Å². The van der Waals surface area contributed by atoms with Gasteiger partial charge < -0.3 is 10.1 Å². The molecule has 0 bridgehead atoms. The number of hydrogen-bond donors (Lipinski definition) is 1. The number of halogens is 3. The van der Waals surface area contributed by atoms with Gasteiger partial charge in [0.05, 0.1) is 18.4 Å². The summed E-state index contributed by atoms with van der Waals surface area (Å²) in [6, 6.07) is 11.9. The third kappa shape index (κ3) is 4.74. The number of ether oxygens (including phenoxy) is 1. The highest BCUT2D eigenvalue weighted by Gasteiger charge is 2.46. The molecule has 10 heteroatoms. The smallest absolute Gasteiger partial charge is 0.418 e. The zero-order chi connectivity index (χ0) is 22.9. The predicted molar refractivity (Wildman–Crippen MR) is 116 cm³/mol. The summed E-state index contributed by atoms with van der Waals surface area (Å²) in [5, 5.41) is 2.01. The van der Waals surface area contributed by atoms with Crippen LogP contribution in [0.5, 0.6) is 5.75 Å². The lowest BCUT2D eigenvalue weighted by Gasteiger charge is -2.16. The fourth-order valence-electron chi connectivity index (χ4n) is 3.40. The number of nitrogens with zero attached hydrogens (tertiary/aromatic N) is 2. The van der Waals surface area contributed by atoms with E-state index >= 15 is 0 Å². The number of anilines is 1. The van der Waals surface area contributed by atoms with Crippen molar-refractivity contribution in [3.63, 3.8) is 0 Å². The normalized spacial score (nSPS) is 20.0. The Morgan fingerprint density at radius 3 is 2.56 bits per heavy atom. The number of hydrogen-bond acceptors (Lipinski definition) is 5. The number of amides is 2. The molecule has 1 saturated carbocycles. The number of carbonyl (C=O) groups is 2. The number of methoxy groups -OCH3 is 1. The molecule has 0 aromatic heterocycles. The minimum absolute atomic E-state index is 0.0301. The van der Waals surface area contributed by atoms with Crippen molar-refractivity contribution in [3.8, 4) is 5.75 Å². The Morgan fingerprint density at radius 2 is 1.88 bits per heavy atom. The molecule has 1 N–H and O–H groups in total. The van der Waals surface area contributed by atoms with E-state index in [9.17, 15) is 22.8 Å². The van der Waals surface area contributed by atoms with E-state index in [1.165, 1.54) is 25.3 Å². The first-order valence-electron chi connectivity index (χ1n) is 9.95. The molecule has 0 spiro atoms. The summed E-state index contributed by atoms with van der Waals surface area (Å²) in [7, 11) is 1.52. The highest BCUT2D eigenvalue weighted by Crippen LogP contribution is 2.41. The zero-order valence-electron chi connectivity index (χ0n) is 17.1. The van der Waals surface area contributed by atoms with Crippen LogP contribution in [0.2, 0.25) is 0 Å². The molecule has 2 aliphatic rings. The van der Waals surface area contributed by atoms with Crippen molar-refractivity contribution in [1.29, 1.82) is 0 Å². The zero-order valence-corrected chi connectivity index (χ0v) is 17.9. The lowest BCUT2D eigenvalue weighted by molar-refractivity contribution is -0.137. The summed E-state index contributed by atoms with van der Waals surface area (Å²) in [4.78, 5) is 31.7. The molecule has 1 aliphatic heterocycles. The van der Waals surface area contributed by atoms with Crippen LogP contribution in [0, 0.1) is 0 Å². The Bertz CT molecular complexity index is 1070. The molecule has 1 saturated heterocycles. The second-order valence-electron chi connectivity index (χ2n) is 7.41. The molecular formula is C22H20F3N3O3S. The minimum atomic E-state index is -4.60. The van der Waals surface area contributed by atoms with Gasteiger partial charge in [-0.25, -0.2) is 4.99 Å². The van der Waals surface area contributed by atoms with Crippen LogP contribution in [0.1, 0.15) is 24.8 Å². The first-order chi connectivity index (χ1) is 15.3. The van der Waals surface area contributed by atoms with Crippen LogP contribution in [0.25, 0.3) is 0 Å². The molecule has 1 unspecified atom stereocenters. The number of carbonyl (C=O) groups excluding carboxylic acids is 2. The molecular weight excluding hydrogens is 443 g/mol. The molecule has 6 nitrogen and oxygen atoms in total. The Kier molecular flexibility index (Phi) is 6.14. The Hall–Kier alpha value is -3.01. The number of para-hydroxylation sites is 3. The van der Waals surface area contributed by atoms with E-state index in [0.717, 1.165) is 30.7 Å².